The molecule has 1 fully saturated rings. The molecular formula is C24H32N2O3. The Morgan fingerprint density at radius 3 is 2.55 bits per heavy atom. The molecule has 1 saturated heterocycles. The summed E-state index contributed by atoms with van der Waals surface area (Å²) >= 11 is 0. The monoisotopic (exact) mass is 396 g/mol. The van der Waals surface area contributed by atoms with Crippen molar-refractivity contribution in [3.05, 3.63) is 58.5 Å². The maximum absolute atomic E-state index is 12.2. The minimum Gasteiger partial charge on any atom is -0.466 e. The molecule has 0 radical (unpaired) electrons. The van der Waals surface area contributed by atoms with Crippen molar-refractivity contribution in [3.63, 3.8) is 0 Å². The van der Waals surface area contributed by atoms with Gasteiger partial charge >= 0.3 is 0 Å². The molecule has 1 amide bonds. The summed E-state index contributed by atoms with van der Waals surface area (Å²) in [6.07, 6.45) is 4.76. The van der Waals surface area contributed by atoms with Crippen molar-refractivity contribution in [1.82, 2.24) is 10.2 Å². The van der Waals surface area contributed by atoms with Crippen LogP contribution in [-0.2, 0) is 24.3 Å². The lowest BCUT2D eigenvalue weighted by atomic mass is 10.0. The Labute approximate surface area is 173 Å². The molecule has 0 spiro atoms. The Morgan fingerprint density at radius 2 is 1.90 bits per heavy atom. The van der Waals surface area contributed by atoms with Gasteiger partial charge in [-0.1, -0.05) is 30.7 Å². The van der Waals surface area contributed by atoms with Gasteiger partial charge in [0.1, 0.15) is 11.5 Å². The van der Waals surface area contributed by atoms with E-state index in [2.05, 4.69) is 41.4 Å². The second-order valence-electron chi connectivity index (χ2n) is 8.15. The third-order valence-electron chi connectivity index (χ3n) is 5.79. The first-order valence-corrected chi connectivity index (χ1v) is 10.6. The first kappa shape index (κ1) is 21.3. The second kappa shape index (κ2) is 9.88. The molecule has 3 rings (SSSR count). The summed E-state index contributed by atoms with van der Waals surface area (Å²) in [6, 6.07) is 10.9. The van der Waals surface area contributed by atoms with Gasteiger partial charge in [-0.25, -0.2) is 0 Å². The Morgan fingerprint density at radius 1 is 1.17 bits per heavy atom. The van der Waals surface area contributed by atoms with Gasteiger partial charge in [-0.05, 0) is 57.4 Å². The van der Waals surface area contributed by atoms with Crippen molar-refractivity contribution in [2.75, 3.05) is 6.54 Å². The van der Waals surface area contributed by atoms with Gasteiger partial charge in [0, 0.05) is 32.0 Å². The molecular weight excluding hydrogens is 364 g/mol. The summed E-state index contributed by atoms with van der Waals surface area (Å²) in [5.41, 5.74) is 3.02. The fourth-order valence-corrected chi connectivity index (χ4v) is 3.93. The molecule has 0 unspecified atom stereocenters. The molecule has 2 aromatic rings. The molecule has 0 saturated carbocycles. The number of furan rings is 1. The van der Waals surface area contributed by atoms with Crippen molar-refractivity contribution >= 4 is 11.7 Å². The molecule has 1 atom stereocenters. The number of carbonyl (C=O) groups excluding carboxylic acids is 2. The average Bonchev–Trinajstić information content (AvgIpc) is 3.08. The quantitative estimate of drug-likeness (QED) is 0.671. The number of ketones is 1. The molecule has 1 aliphatic rings. The number of rotatable bonds is 8. The molecule has 156 valence electrons. The molecule has 1 N–H and O–H groups in total. The zero-order valence-corrected chi connectivity index (χ0v) is 17.8. The summed E-state index contributed by atoms with van der Waals surface area (Å²) < 4.78 is 5.57. The van der Waals surface area contributed by atoms with Crippen LogP contribution in [0.25, 0.3) is 0 Å². The van der Waals surface area contributed by atoms with E-state index in [1.807, 2.05) is 0 Å². The normalized spacial score (nSPS) is 17.3. The highest BCUT2D eigenvalue weighted by atomic mass is 16.3. The predicted octanol–water partition coefficient (Wildman–Crippen LogP) is 4.41. The largest absolute Gasteiger partial charge is 0.466 e. The maximum atomic E-state index is 12.2. The lowest BCUT2D eigenvalue weighted by Gasteiger charge is -2.33. The number of carbonyl (C=O) groups is 2. The van der Waals surface area contributed by atoms with Crippen LogP contribution in [0, 0.1) is 6.92 Å². The van der Waals surface area contributed by atoms with Crippen molar-refractivity contribution in [2.45, 2.75) is 72.0 Å². The zero-order valence-electron chi connectivity index (χ0n) is 17.8. The standard InChI is InChI=1S/C24H32N2O3/c1-17-6-4-5-13-26(17)16-21-9-7-20(8-10-21)15-25-24(28)12-11-22-14-23(18(2)27)19(3)29-22/h7-10,14,17H,4-6,11-13,15-16H2,1-3H3,(H,25,28)/t17-/m0/s1. The van der Waals surface area contributed by atoms with Gasteiger partial charge in [0.2, 0.25) is 5.91 Å². The fourth-order valence-electron chi connectivity index (χ4n) is 3.93. The maximum Gasteiger partial charge on any atom is 0.220 e. The number of likely N-dealkylation sites (tertiary alicyclic amines) is 1. The van der Waals surface area contributed by atoms with Crippen LogP contribution in [0.3, 0.4) is 0 Å². The van der Waals surface area contributed by atoms with Crippen LogP contribution >= 0.6 is 0 Å². The lowest BCUT2D eigenvalue weighted by molar-refractivity contribution is -0.121. The Bertz CT molecular complexity index is 838. The molecule has 2 heterocycles. The Hall–Kier alpha value is -2.40. The van der Waals surface area contributed by atoms with E-state index in [-0.39, 0.29) is 11.7 Å². The minimum atomic E-state index is -0.0188. The number of piperidine rings is 1. The van der Waals surface area contributed by atoms with E-state index in [4.69, 9.17) is 4.42 Å². The highest BCUT2D eigenvalue weighted by Gasteiger charge is 2.18. The van der Waals surface area contributed by atoms with Crippen LogP contribution in [0.4, 0.5) is 0 Å². The van der Waals surface area contributed by atoms with E-state index < -0.39 is 0 Å². The first-order valence-electron chi connectivity index (χ1n) is 10.6. The Balaban J connectivity index is 1.43. The van der Waals surface area contributed by atoms with Crippen LogP contribution in [0.1, 0.15) is 72.5 Å². The zero-order chi connectivity index (χ0) is 20.8. The van der Waals surface area contributed by atoms with E-state index in [1.54, 1.807) is 13.0 Å². The molecule has 29 heavy (non-hydrogen) atoms. The van der Waals surface area contributed by atoms with Gasteiger partial charge < -0.3 is 9.73 Å². The molecule has 1 aromatic heterocycles. The third-order valence-corrected chi connectivity index (χ3v) is 5.79. The second-order valence-corrected chi connectivity index (χ2v) is 8.15. The highest BCUT2D eigenvalue weighted by Crippen LogP contribution is 2.19. The summed E-state index contributed by atoms with van der Waals surface area (Å²) in [5.74, 6) is 1.26. The molecule has 0 bridgehead atoms. The number of benzene rings is 1. The van der Waals surface area contributed by atoms with Crippen LogP contribution in [-0.4, -0.2) is 29.2 Å². The molecule has 5 nitrogen and oxygen atoms in total. The molecule has 5 heteroatoms. The van der Waals surface area contributed by atoms with Gasteiger partial charge in [0.15, 0.2) is 5.78 Å². The smallest absolute Gasteiger partial charge is 0.220 e. The number of nitrogens with zero attached hydrogens (tertiary/aromatic N) is 1. The fraction of sp³-hybridized carbons (Fsp3) is 0.500. The van der Waals surface area contributed by atoms with Crippen molar-refractivity contribution in [1.29, 1.82) is 0 Å². The van der Waals surface area contributed by atoms with Crippen molar-refractivity contribution < 1.29 is 14.0 Å². The van der Waals surface area contributed by atoms with Gasteiger partial charge in [-0.15, -0.1) is 0 Å². The lowest BCUT2D eigenvalue weighted by Crippen LogP contribution is -2.36. The SMILES string of the molecule is CC(=O)c1cc(CCC(=O)NCc2ccc(CN3CCCC[C@@H]3C)cc2)oc1C. The van der Waals surface area contributed by atoms with Crippen molar-refractivity contribution in [2.24, 2.45) is 0 Å². The summed E-state index contributed by atoms with van der Waals surface area (Å²) in [7, 11) is 0. The van der Waals surface area contributed by atoms with E-state index in [0.717, 1.165) is 12.1 Å². The summed E-state index contributed by atoms with van der Waals surface area (Å²) in [6.45, 7) is 8.31. The third kappa shape index (κ3) is 6.04. The first-order chi connectivity index (χ1) is 13.9. The highest BCUT2D eigenvalue weighted by molar-refractivity contribution is 5.95. The van der Waals surface area contributed by atoms with Crippen LogP contribution in [0.15, 0.2) is 34.7 Å². The van der Waals surface area contributed by atoms with Crippen LogP contribution in [0.2, 0.25) is 0 Å². The number of nitrogens with one attached hydrogen (secondary N) is 1. The van der Waals surface area contributed by atoms with Crippen molar-refractivity contribution in [3.8, 4) is 0 Å². The van der Waals surface area contributed by atoms with E-state index in [0.29, 0.717) is 42.5 Å². The van der Waals surface area contributed by atoms with E-state index >= 15 is 0 Å². The predicted molar refractivity (Wildman–Crippen MR) is 114 cm³/mol. The van der Waals surface area contributed by atoms with Gasteiger partial charge in [-0.3, -0.25) is 14.5 Å². The number of aryl methyl sites for hydroxylation is 2. The Kier molecular flexibility index (Phi) is 7.26. The number of amides is 1. The van der Waals surface area contributed by atoms with E-state index in [1.165, 1.54) is 38.3 Å². The summed E-state index contributed by atoms with van der Waals surface area (Å²) in [5, 5.41) is 2.96. The van der Waals surface area contributed by atoms with Crippen LogP contribution < -0.4 is 5.32 Å². The summed E-state index contributed by atoms with van der Waals surface area (Å²) in [4.78, 5) is 26.2. The van der Waals surface area contributed by atoms with E-state index in [9.17, 15) is 9.59 Å². The molecule has 1 aromatic carbocycles. The molecule has 1 aliphatic heterocycles. The number of hydrogen-bond donors (Lipinski definition) is 1. The van der Waals surface area contributed by atoms with Gasteiger partial charge in [-0.2, -0.15) is 0 Å². The van der Waals surface area contributed by atoms with Crippen LogP contribution in [0.5, 0.6) is 0 Å². The number of Topliss-reactive ketones (excluding diaryl/α,β-unsaturated/α-hetero) is 1. The van der Waals surface area contributed by atoms with Gasteiger partial charge in [0.05, 0.1) is 5.56 Å². The minimum absolute atomic E-state index is 0.0138. The van der Waals surface area contributed by atoms with Gasteiger partial charge in [0.25, 0.3) is 0 Å². The topological polar surface area (TPSA) is 62.6 Å². The molecule has 0 aliphatic carbocycles. The average molecular weight is 397 g/mol. The number of hydrogen-bond acceptors (Lipinski definition) is 4.